The number of amides is 1. The lowest BCUT2D eigenvalue weighted by Gasteiger charge is -2.11. The normalized spacial score (nSPS) is 11.8. The lowest BCUT2D eigenvalue weighted by atomic mass is 10.1. The highest BCUT2D eigenvalue weighted by Crippen LogP contribution is 2.17. The summed E-state index contributed by atoms with van der Waals surface area (Å²) >= 11 is 3.32. The lowest BCUT2D eigenvalue weighted by molar-refractivity contribution is -0.140. The number of carbonyl (C=O) groups excluding carboxylic acids is 1. The molecule has 0 bridgehead atoms. The molecule has 0 saturated heterocycles. The van der Waals surface area contributed by atoms with Gasteiger partial charge >= 0.3 is 5.97 Å². The molecule has 0 spiro atoms. The van der Waals surface area contributed by atoms with E-state index in [2.05, 4.69) is 21.2 Å². The van der Waals surface area contributed by atoms with Crippen molar-refractivity contribution in [2.45, 2.75) is 12.5 Å². The Hall–Kier alpha value is -1.36. The highest BCUT2D eigenvalue weighted by Gasteiger charge is 2.17. The van der Waals surface area contributed by atoms with Crippen LogP contribution in [0.4, 0.5) is 0 Å². The van der Waals surface area contributed by atoms with Gasteiger partial charge in [0, 0.05) is 10.9 Å². The van der Waals surface area contributed by atoms with Gasteiger partial charge in [-0.05, 0) is 11.6 Å². The third-order valence-electron chi connectivity index (χ3n) is 1.95. The molecule has 0 aliphatic heterocycles. The minimum atomic E-state index is -1.04. The van der Waals surface area contributed by atoms with Gasteiger partial charge in [-0.3, -0.25) is 4.79 Å². The lowest BCUT2D eigenvalue weighted by Crippen LogP contribution is -2.37. The Morgan fingerprint density at radius 3 is 2.73 bits per heavy atom. The molecular formula is C10H10BrNO3. The van der Waals surface area contributed by atoms with Gasteiger partial charge in [-0.1, -0.05) is 34.1 Å². The van der Waals surface area contributed by atoms with Crippen LogP contribution < -0.4 is 5.32 Å². The van der Waals surface area contributed by atoms with E-state index in [0.717, 1.165) is 10.0 Å². The van der Waals surface area contributed by atoms with Crippen LogP contribution in [0.5, 0.6) is 0 Å². The largest absolute Gasteiger partial charge is 0.480 e. The van der Waals surface area contributed by atoms with Crippen molar-refractivity contribution in [3.05, 3.63) is 34.3 Å². The quantitative estimate of drug-likeness (QED) is 0.791. The van der Waals surface area contributed by atoms with Crippen LogP contribution in [0.3, 0.4) is 0 Å². The topological polar surface area (TPSA) is 66.4 Å². The molecule has 4 nitrogen and oxygen atoms in total. The highest BCUT2D eigenvalue weighted by atomic mass is 79.9. The molecule has 1 aromatic carbocycles. The van der Waals surface area contributed by atoms with Gasteiger partial charge in [-0.25, -0.2) is 4.79 Å². The highest BCUT2D eigenvalue weighted by molar-refractivity contribution is 9.10. The fourth-order valence-electron chi connectivity index (χ4n) is 1.18. The van der Waals surface area contributed by atoms with E-state index in [-0.39, 0.29) is 6.42 Å². The second-order valence-corrected chi connectivity index (χ2v) is 3.83. The van der Waals surface area contributed by atoms with Gasteiger partial charge in [-0.2, -0.15) is 0 Å². The molecule has 1 rings (SSSR count). The average Bonchev–Trinajstić information content (AvgIpc) is 2.20. The van der Waals surface area contributed by atoms with E-state index < -0.39 is 12.0 Å². The van der Waals surface area contributed by atoms with Gasteiger partial charge in [-0.15, -0.1) is 0 Å². The summed E-state index contributed by atoms with van der Waals surface area (Å²) in [6.07, 6.45) is 0.658. The first-order chi connectivity index (χ1) is 7.15. The van der Waals surface area contributed by atoms with Crippen molar-refractivity contribution >= 4 is 28.3 Å². The Morgan fingerprint density at radius 2 is 2.20 bits per heavy atom. The van der Waals surface area contributed by atoms with Gasteiger partial charge in [0.15, 0.2) is 0 Å². The maximum absolute atomic E-state index is 10.8. The Bertz CT molecular complexity index is 367. The van der Waals surface area contributed by atoms with Crippen LogP contribution >= 0.6 is 15.9 Å². The number of carboxylic acid groups (broad SMARTS) is 1. The Morgan fingerprint density at radius 1 is 1.53 bits per heavy atom. The van der Waals surface area contributed by atoms with Crippen LogP contribution in [0, 0.1) is 0 Å². The summed E-state index contributed by atoms with van der Waals surface area (Å²) < 4.78 is 0.837. The molecule has 0 aliphatic carbocycles. The molecule has 0 aromatic heterocycles. The molecule has 1 amide bonds. The zero-order valence-corrected chi connectivity index (χ0v) is 9.40. The smallest absolute Gasteiger partial charge is 0.326 e. The summed E-state index contributed by atoms with van der Waals surface area (Å²) in [5.74, 6) is -1.04. The number of carbonyl (C=O) groups is 2. The van der Waals surface area contributed by atoms with Crippen molar-refractivity contribution in [2.75, 3.05) is 0 Å². The molecule has 0 heterocycles. The van der Waals surface area contributed by atoms with Crippen molar-refractivity contribution < 1.29 is 14.7 Å². The zero-order chi connectivity index (χ0) is 11.3. The number of hydrogen-bond donors (Lipinski definition) is 2. The number of rotatable bonds is 5. The molecule has 1 unspecified atom stereocenters. The van der Waals surface area contributed by atoms with Gasteiger partial charge < -0.3 is 10.4 Å². The van der Waals surface area contributed by atoms with Crippen molar-refractivity contribution in [3.63, 3.8) is 0 Å². The molecule has 0 fully saturated rings. The molecule has 2 N–H and O–H groups in total. The number of carboxylic acids is 1. The predicted molar refractivity (Wildman–Crippen MR) is 58.5 cm³/mol. The number of nitrogens with one attached hydrogen (secondary N) is 1. The Balaban J connectivity index is 2.78. The monoisotopic (exact) mass is 271 g/mol. The zero-order valence-electron chi connectivity index (χ0n) is 7.81. The number of halogens is 1. The van der Waals surface area contributed by atoms with E-state index in [1.54, 1.807) is 0 Å². The van der Waals surface area contributed by atoms with Crippen LogP contribution in [0.25, 0.3) is 0 Å². The molecule has 80 valence electrons. The summed E-state index contributed by atoms with van der Waals surface area (Å²) in [6.45, 7) is 0. The second kappa shape index (κ2) is 5.50. The summed E-state index contributed by atoms with van der Waals surface area (Å²) in [4.78, 5) is 21.0. The van der Waals surface area contributed by atoms with E-state index in [4.69, 9.17) is 5.11 Å². The summed E-state index contributed by atoms with van der Waals surface area (Å²) in [6, 6.07) is 6.42. The number of hydrogen-bond acceptors (Lipinski definition) is 2. The van der Waals surface area contributed by atoms with Crippen LogP contribution in [0.1, 0.15) is 5.56 Å². The molecule has 1 atom stereocenters. The summed E-state index contributed by atoms with van der Waals surface area (Å²) in [7, 11) is 0. The van der Waals surface area contributed by atoms with Gasteiger partial charge in [0.05, 0.1) is 0 Å². The fraction of sp³-hybridized carbons (Fsp3) is 0.200. The molecule has 0 radical (unpaired) electrons. The molecule has 0 aliphatic rings. The van der Waals surface area contributed by atoms with Crippen molar-refractivity contribution in [2.24, 2.45) is 0 Å². The average molecular weight is 272 g/mol. The standard InChI is InChI=1S/C10H10BrNO3/c11-8-4-2-1-3-7(8)5-9(10(14)15)12-6-13/h1-4,6,9H,5H2,(H,12,13)(H,14,15). The minimum absolute atomic E-state index is 0.259. The number of benzene rings is 1. The predicted octanol–water partition coefficient (Wildman–Crippen LogP) is 1.19. The maximum Gasteiger partial charge on any atom is 0.326 e. The van der Waals surface area contributed by atoms with Gasteiger partial charge in [0.25, 0.3) is 0 Å². The van der Waals surface area contributed by atoms with E-state index in [1.165, 1.54) is 0 Å². The SMILES string of the molecule is O=CNC(Cc1ccccc1Br)C(=O)O. The third-order valence-corrected chi connectivity index (χ3v) is 2.72. The number of aliphatic carboxylic acids is 1. The third kappa shape index (κ3) is 3.36. The van der Waals surface area contributed by atoms with Crippen LogP contribution in [0.15, 0.2) is 28.7 Å². The van der Waals surface area contributed by atoms with Crippen LogP contribution in [-0.4, -0.2) is 23.5 Å². The first kappa shape index (κ1) is 11.7. The van der Waals surface area contributed by atoms with Crippen molar-refractivity contribution in [1.29, 1.82) is 0 Å². The summed E-state index contributed by atoms with van der Waals surface area (Å²) in [5.41, 5.74) is 0.847. The molecule has 0 saturated carbocycles. The Labute approximate surface area is 95.4 Å². The molecule has 15 heavy (non-hydrogen) atoms. The van der Waals surface area contributed by atoms with Gasteiger partial charge in [0.1, 0.15) is 6.04 Å². The van der Waals surface area contributed by atoms with Crippen molar-refractivity contribution in [3.8, 4) is 0 Å². The van der Waals surface area contributed by atoms with Crippen molar-refractivity contribution in [1.82, 2.24) is 5.32 Å². The first-order valence-electron chi connectivity index (χ1n) is 4.31. The fourth-order valence-corrected chi connectivity index (χ4v) is 1.63. The van der Waals surface area contributed by atoms with E-state index in [1.807, 2.05) is 24.3 Å². The maximum atomic E-state index is 10.8. The molecular weight excluding hydrogens is 262 g/mol. The second-order valence-electron chi connectivity index (χ2n) is 2.97. The minimum Gasteiger partial charge on any atom is -0.480 e. The Kier molecular flexibility index (Phi) is 4.30. The van der Waals surface area contributed by atoms with Gasteiger partial charge in [0.2, 0.25) is 6.41 Å². The van der Waals surface area contributed by atoms with E-state index in [9.17, 15) is 9.59 Å². The van der Waals surface area contributed by atoms with E-state index in [0.29, 0.717) is 6.41 Å². The molecule has 1 aromatic rings. The first-order valence-corrected chi connectivity index (χ1v) is 5.10. The van der Waals surface area contributed by atoms with E-state index >= 15 is 0 Å². The summed E-state index contributed by atoms with van der Waals surface area (Å²) in [5, 5.41) is 11.1. The van der Waals surface area contributed by atoms with Crippen LogP contribution in [0.2, 0.25) is 0 Å². The van der Waals surface area contributed by atoms with Crippen LogP contribution in [-0.2, 0) is 16.0 Å². The molecule has 5 heteroatoms.